The fourth-order valence-corrected chi connectivity index (χ4v) is 2.98. The minimum absolute atomic E-state index is 0.01000. The summed E-state index contributed by atoms with van der Waals surface area (Å²) in [5.74, 6) is -1.94. The van der Waals surface area contributed by atoms with Crippen LogP contribution in [-0.2, 0) is 4.79 Å². The maximum absolute atomic E-state index is 14.2. The SMILES string of the molecule is CCOc1cc(C(=O)N[C@@H](CC(=O)O)c2ccc(C)cc2)nn1-c1ccccc1F. The molecule has 0 fully saturated rings. The van der Waals surface area contributed by atoms with Crippen LogP contribution in [0, 0.1) is 12.7 Å². The van der Waals surface area contributed by atoms with Crippen molar-refractivity contribution in [1.82, 2.24) is 15.1 Å². The van der Waals surface area contributed by atoms with Crippen molar-refractivity contribution >= 4 is 11.9 Å². The van der Waals surface area contributed by atoms with Gasteiger partial charge in [-0.25, -0.2) is 4.39 Å². The molecule has 7 nitrogen and oxygen atoms in total. The third kappa shape index (κ3) is 4.83. The second kappa shape index (κ2) is 9.21. The van der Waals surface area contributed by atoms with Crippen LogP contribution in [0.25, 0.3) is 5.69 Å². The highest BCUT2D eigenvalue weighted by Crippen LogP contribution is 2.23. The summed E-state index contributed by atoms with van der Waals surface area (Å²) < 4.78 is 20.9. The van der Waals surface area contributed by atoms with Crippen LogP contribution in [0.2, 0.25) is 0 Å². The van der Waals surface area contributed by atoms with Crippen molar-refractivity contribution in [3.63, 3.8) is 0 Å². The molecule has 1 amide bonds. The van der Waals surface area contributed by atoms with Crippen molar-refractivity contribution in [3.05, 3.63) is 77.2 Å². The number of carboxylic acids is 1. The Bertz CT molecular complexity index is 1050. The minimum atomic E-state index is -1.05. The molecule has 0 radical (unpaired) electrons. The van der Waals surface area contributed by atoms with Crippen molar-refractivity contribution in [2.24, 2.45) is 0 Å². The lowest BCUT2D eigenvalue weighted by Gasteiger charge is -2.17. The molecule has 8 heteroatoms. The van der Waals surface area contributed by atoms with Crippen LogP contribution in [0.4, 0.5) is 4.39 Å². The van der Waals surface area contributed by atoms with Crippen LogP contribution in [-0.4, -0.2) is 33.4 Å². The number of carbonyl (C=O) groups excluding carboxylic acids is 1. The Labute approximate surface area is 173 Å². The molecule has 1 heterocycles. The van der Waals surface area contributed by atoms with Gasteiger partial charge in [-0.05, 0) is 31.5 Å². The van der Waals surface area contributed by atoms with E-state index in [0.29, 0.717) is 12.2 Å². The van der Waals surface area contributed by atoms with E-state index in [9.17, 15) is 19.1 Å². The maximum Gasteiger partial charge on any atom is 0.305 e. The molecule has 2 N–H and O–H groups in total. The van der Waals surface area contributed by atoms with Crippen LogP contribution in [0.5, 0.6) is 5.88 Å². The highest BCUT2D eigenvalue weighted by molar-refractivity contribution is 5.93. The van der Waals surface area contributed by atoms with E-state index in [0.717, 1.165) is 5.56 Å². The second-order valence-corrected chi connectivity index (χ2v) is 6.70. The van der Waals surface area contributed by atoms with Gasteiger partial charge in [0.1, 0.15) is 11.5 Å². The summed E-state index contributed by atoms with van der Waals surface area (Å²) in [6.07, 6.45) is -0.291. The second-order valence-electron chi connectivity index (χ2n) is 6.70. The first-order chi connectivity index (χ1) is 14.4. The molecule has 0 spiro atoms. The molecule has 0 bridgehead atoms. The number of para-hydroxylation sites is 1. The largest absolute Gasteiger partial charge is 0.481 e. The highest BCUT2D eigenvalue weighted by atomic mass is 19.1. The number of carboxylic acid groups (broad SMARTS) is 1. The predicted octanol–water partition coefficient (Wildman–Crippen LogP) is 3.66. The van der Waals surface area contributed by atoms with Crippen LogP contribution in [0.1, 0.15) is 41.0 Å². The standard InChI is InChI=1S/C22H22FN3O4/c1-3-30-20-12-18(25-26(20)19-7-5-4-6-16(19)23)22(29)24-17(13-21(27)28)15-10-8-14(2)9-11-15/h4-12,17H,3,13H2,1-2H3,(H,24,29)(H,27,28)/t17-/m0/s1. The van der Waals surface area contributed by atoms with Gasteiger partial charge in [0, 0.05) is 6.07 Å². The summed E-state index contributed by atoms with van der Waals surface area (Å²) in [4.78, 5) is 24.1. The number of hydrogen-bond acceptors (Lipinski definition) is 4. The lowest BCUT2D eigenvalue weighted by Crippen LogP contribution is -2.30. The zero-order chi connectivity index (χ0) is 21.7. The molecule has 1 atom stereocenters. The smallest absolute Gasteiger partial charge is 0.305 e. The molecule has 0 aliphatic heterocycles. The van der Waals surface area contributed by atoms with Gasteiger partial charge in [0.2, 0.25) is 5.88 Å². The third-order valence-corrected chi connectivity index (χ3v) is 4.45. The Morgan fingerprint density at radius 3 is 2.53 bits per heavy atom. The number of nitrogens with zero attached hydrogens (tertiary/aromatic N) is 2. The average molecular weight is 411 g/mol. The number of carbonyl (C=O) groups is 2. The van der Waals surface area contributed by atoms with E-state index >= 15 is 0 Å². The van der Waals surface area contributed by atoms with Crippen molar-refractivity contribution in [1.29, 1.82) is 0 Å². The summed E-state index contributed by atoms with van der Waals surface area (Å²) in [6, 6.07) is 13.9. The number of hydrogen-bond donors (Lipinski definition) is 2. The van der Waals surface area contributed by atoms with Crippen molar-refractivity contribution < 1.29 is 23.8 Å². The van der Waals surface area contributed by atoms with Crippen molar-refractivity contribution in [3.8, 4) is 11.6 Å². The molecule has 2 aromatic carbocycles. The van der Waals surface area contributed by atoms with Gasteiger partial charge >= 0.3 is 5.97 Å². The summed E-state index contributed by atoms with van der Waals surface area (Å²) in [7, 11) is 0. The van der Waals surface area contributed by atoms with E-state index in [4.69, 9.17) is 4.74 Å². The zero-order valence-electron chi connectivity index (χ0n) is 16.6. The molecule has 0 unspecified atom stereocenters. The molecule has 0 aliphatic carbocycles. The predicted molar refractivity (Wildman–Crippen MR) is 108 cm³/mol. The van der Waals surface area contributed by atoms with E-state index in [1.807, 2.05) is 19.1 Å². The van der Waals surface area contributed by atoms with Crippen LogP contribution in [0.3, 0.4) is 0 Å². The normalized spacial score (nSPS) is 11.7. The van der Waals surface area contributed by atoms with E-state index in [-0.39, 0.29) is 23.7 Å². The van der Waals surface area contributed by atoms with Gasteiger partial charge < -0.3 is 15.2 Å². The first-order valence-electron chi connectivity index (χ1n) is 9.46. The Morgan fingerprint density at radius 2 is 1.90 bits per heavy atom. The lowest BCUT2D eigenvalue weighted by molar-refractivity contribution is -0.137. The topological polar surface area (TPSA) is 93.4 Å². The zero-order valence-corrected chi connectivity index (χ0v) is 16.6. The minimum Gasteiger partial charge on any atom is -0.481 e. The number of benzene rings is 2. The number of aryl methyl sites for hydroxylation is 1. The fraction of sp³-hybridized carbons (Fsp3) is 0.227. The molecule has 0 saturated carbocycles. The summed E-state index contributed by atoms with van der Waals surface area (Å²) >= 11 is 0. The van der Waals surface area contributed by atoms with Gasteiger partial charge in [0.05, 0.1) is 19.1 Å². The Hall–Kier alpha value is -3.68. The van der Waals surface area contributed by atoms with Crippen molar-refractivity contribution in [2.75, 3.05) is 6.61 Å². The molecule has 3 aromatic rings. The lowest BCUT2D eigenvalue weighted by atomic mass is 10.0. The number of ether oxygens (including phenoxy) is 1. The highest BCUT2D eigenvalue weighted by Gasteiger charge is 2.23. The van der Waals surface area contributed by atoms with E-state index in [1.165, 1.54) is 22.9 Å². The number of amides is 1. The first-order valence-corrected chi connectivity index (χ1v) is 9.46. The first kappa shape index (κ1) is 21.0. The monoisotopic (exact) mass is 411 g/mol. The molecular formula is C22H22FN3O4. The Morgan fingerprint density at radius 1 is 1.20 bits per heavy atom. The van der Waals surface area contributed by atoms with Gasteiger partial charge in [-0.3, -0.25) is 9.59 Å². The Balaban J connectivity index is 1.91. The molecular weight excluding hydrogens is 389 g/mol. The number of aromatic nitrogens is 2. The van der Waals surface area contributed by atoms with Crippen LogP contribution < -0.4 is 10.1 Å². The molecule has 30 heavy (non-hydrogen) atoms. The summed E-state index contributed by atoms with van der Waals surface area (Å²) in [5, 5.41) is 16.1. The van der Waals surface area contributed by atoms with E-state index < -0.39 is 23.7 Å². The maximum atomic E-state index is 14.2. The van der Waals surface area contributed by atoms with Gasteiger partial charge in [-0.1, -0.05) is 42.0 Å². The van der Waals surface area contributed by atoms with E-state index in [1.54, 1.807) is 31.2 Å². The van der Waals surface area contributed by atoms with E-state index in [2.05, 4.69) is 10.4 Å². The Kier molecular flexibility index (Phi) is 6.46. The van der Waals surface area contributed by atoms with Gasteiger partial charge in [-0.2, -0.15) is 9.78 Å². The molecule has 0 saturated heterocycles. The number of nitrogens with one attached hydrogen (secondary N) is 1. The molecule has 3 rings (SSSR count). The van der Waals surface area contributed by atoms with Crippen molar-refractivity contribution in [2.45, 2.75) is 26.3 Å². The summed E-state index contributed by atoms with van der Waals surface area (Å²) in [6.45, 7) is 3.98. The number of aliphatic carboxylic acids is 1. The number of rotatable bonds is 8. The van der Waals surface area contributed by atoms with Crippen LogP contribution >= 0.6 is 0 Å². The molecule has 156 valence electrons. The molecule has 0 aliphatic rings. The van der Waals surface area contributed by atoms with Gasteiger partial charge in [0.25, 0.3) is 5.91 Å². The van der Waals surface area contributed by atoms with Crippen LogP contribution in [0.15, 0.2) is 54.6 Å². The fourth-order valence-electron chi connectivity index (χ4n) is 2.98. The van der Waals surface area contributed by atoms with Gasteiger partial charge in [0.15, 0.2) is 5.69 Å². The van der Waals surface area contributed by atoms with Gasteiger partial charge in [-0.15, -0.1) is 0 Å². The average Bonchev–Trinajstić information content (AvgIpc) is 3.12. The third-order valence-electron chi connectivity index (χ3n) is 4.45. The molecule has 1 aromatic heterocycles. The summed E-state index contributed by atoms with van der Waals surface area (Å²) in [5.41, 5.74) is 1.81. The number of halogens is 1. The quantitative estimate of drug-likeness (QED) is 0.590.